The molecular formula is C16H12BrFO2. The molecule has 0 N–H and O–H groups in total. The van der Waals surface area contributed by atoms with Gasteiger partial charge in [-0.3, -0.25) is 4.79 Å². The molecule has 3 rings (SSSR count). The maximum atomic E-state index is 13.9. The van der Waals surface area contributed by atoms with Crippen LogP contribution in [0.25, 0.3) is 0 Å². The Labute approximate surface area is 124 Å². The highest BCUT2D eigenvalue weighted by molar-refractivity contribution is 9.10. The maximum Gasteiger partial charge on any atom is 0.200 e. The van der Waals surface area contributed by atoms with Gasteiger partial charge >= 0.3 is 0 Å². The van der Waals surface area contributed by atoms with E-state index in [9.17, 15) is 9.18 Å². The number of carbonyl (C=O) groups is 1. The van der Waals surface area contributed by atoms with Gasteiger partial charge in [-0.05, 0) is 52.5 Å². The van der Waals surface area contributed by atoms with Gasteiger partial charge in [0.05, 0.1) is 17.7 Å². The van der Waals surface area contributed by atoms with Gasteiger partial charge < -0.3 is 4.74 Å². The molecule has 1 heterocycles. The molecule has 0 bridgehead atoms. The zero-order valence-electron chi connectivity index (χ0n) is 10.7. The lowest BCUT2D eigenvalue weighted by molar-refractivity contribution is 0.102. The fraction of sp³-hybridized carbons (Fsp3) is 0.188. The van der Waals surface area contributed by atoms with E-state index < -0.39 is 5.82 Å². The minimum atomic E-state index is -0.530. The third kappa shape index (κ3) is 2.24. The van der Waals surface area contributed by atoms with E-state index >= 15 is 0 Å². The third-order valence-electron chi connectivity index (χ3n) is 3.37. The zero-order valence-corrected chi connectivity index (χ0v) is 12.2. The van der Waals surface area contributed by atoms with Gasteiger partial charge in [0.25, 0.3) is 0 Å². The number of aryl methyl sites for hydroxylation is 1. The molecule has 4 heteroatoms. The number of halogens is 2. The number of hydrogen-bond acceptors (Lipinski definition) is 2. The summed E-state index contributed by atoms with van der Waals surface area (Å²) >= 11 is 3.24. The van der Waals surface area contributed by atoms with E-state index in [4.69, 9.17) is 4.74 Å². The summed E-state index contributed by atoms with van der Waals surface area (Å²) in [6, 6.07) is 9.95. The molecular weight excluding hydrogens is 323 g/mol. The van der Waals surface area contributed by atoms with Crippen LogP contribution in [0.1, 0.15) is 27.9 Å². The monoisotopic (exact) mass is 334 g/mol. The molecule has 0 radical (unpaired) electrons. The number of para-hydroxylation sites is 1. The van der Waals surface area contributed by atoms with Crippen molar-refractivity contribution in [3.63, 3.8) is 0 Å². The summed E-state index contributed by atoms with van der Waals surface area (Å²) in [6.07, 6.45) is 1.82. The van der Waals surface area contributed by atoms with E-state index in [1.807, 2.05) is 12.1 Å². The summed E-state index contributed by atoms with van der Waals surface area (Å²) in [4.78, 5) is 12.6. The van der Waals surface area contributed by atoms with Crippen LogP contribution in [0.5, 0.6) is 5.75 Å². The normalized spacial score (nSPS) is 13.5. The van der Waals surface area contributed by atoms with Gasteiger partial charge in [-0.2, -0.15) is 0 Å². The maximum absolute atomic E-state index is 13.9. The summed E-state index contributed by atoms with van der Waals surface area (Å²) in [5, 5.41) is 0. The fourth-order valence-electron chi connectivity index (χ4n) is 2.42. The van der Waals surface area contributed by atoms with Gasteiger partial charge in [0.1, 0.15) is 11.6 Å². The smallest absolute Gasteiger partial charge is 0.200 e. The van der Waals surface area contributed by atoms with Crippen molar-refractivity contribution in [1.82, 2.24) is 0 Å². The van der Waals surface area contributed by atoms with Gasteiger partial charge in [0.2, 0.25) is 5.78 Å². The van der Waals surface area contributed by atoms with Crippen molar-refractivity contribution < 1.29 is 13.9 Å². The topological polar surface area (TPSA) is 26.3 Å². The molecule has 0 saturated carbocycles. The Morgan fingerprint density at radius 1 is 1.20 bits per heavy atom. The van der Waals surface area contributed by atoms with Crippen LogP contribution in [0.4, 0.5) is 4.39 Å². The van der Waals surface area contributed by atoms with Gasteiger partial charge in [-0.25, -0.2) is 4.39 Å². The van der Waals surface area contributed by atoms with E-state index in [0.29, 0.717) is 22.4 Å². The molecule has 20 heavy (non-hydrogen) atoms. The highest BCUT2D eigenvalue weighted by Gasteiger charge is 2.23. The first-order valence-electron chi connectivity index (χ1n) is 6.42. The lowest BCUT2D eigenvalue weighted by Crippen LogP contribution is -2.14. The lowest BCUT2D eigenvalue weighted by Gasteiger charge is -2.20. The fourth-order valence-corrected chi connectivity index (χ4v) is 2.94. The Morgan fingerprint density at radius 3 is 2.80 bits per heavy atom. The predicted molar refractivity (Wildman–Crippen MR) is 77.8 cm³/mol. The van der Waals surface area contributed by atoms with Crippen molar-refractivity contribution in [2.45, 2.75) is 12.8 Å². The molecule has 0 atom stereocenters. The Balaban J connectivity index is 2.12. The third-order valence-corrected chi connectivity index (χ3v) is 4.03. The van der Waals surface area contributed by atoms with Crippen molar-refractivity contribution in [1.29, 1.82) is 0 Å². The van der Waals surface area contributed by atoms with E-state index in [-0.39, 0.29) is 11.3 Å². The van der Waals surface area contributed by atoms with Crippen molar-refractivity contribution in [3.8, 4) is 5.75 Å². The highest BCUT2D eigenvalue weighted by Crippen LogP contribution is 2.32. The zero-order chi connectivity index (χ0) is 14.1. The van der Waals surface area contributed by atoms with E-state index in [2.05, 4.69) is 15.9 Å². The number of ketones is 1. The van der Waals surface area contributed by atoms with E-state index in [0.717, 1.165) is 18.4 Å². The Bertz CT molecular complexity index is 662. The SMILES string of the molecule is O=C(c1cccc2c1OCCC2)c1c(F)cccc1Br. The summed E-state index contributed by atoms with van der Waals surface area (Å²) in [7, 11) is 0. The highest BCUT2D eigenvalue weighted by atomic mass is 79.9. The van der Waals surface area contributed by atoms with E-state index in [1.54, 1.807) is 18.2 Å². The number of rotatable bonds is 2. The summed E-state index contributed by atoms with van der Waals surface area (Å²) in [5.41, 5.74) is 1.48. The molecule has 0 fully saturated rings. The number of ether oxygens (including phenoxy) is 1. The van der Waals surface area contributed by atoms with Gasteiger partial charge in [0.15, 0.2) is 0 Å². The summed E-state index contributed by atoms with van der Waals surface area (Å²) in [6.45, 7) is 0.593. The molecule has 102 valence electrons. The first-order chi connectivity index (χ1) is 9.68. The Morgan fingerprint density at radius 2 is 2.00 bits per heavy atom. The second-order valence-corrected chi connectivity index (χ2v) is 5.53. The van der Waals surface area contributed by atoms with Gasteiger partial charge in [-0.1, -0.05) is 18.2 Å². The van der Waals surface area contributed by atoms with Crippen LogP contribution in [-0.2, 0) is 6.42 Å². The summed E-state index contributed by atoms with van der Waals surface area (Å²) < 4.78 is 20.0. The lowest BCUT2D eigenvalue weighted by atomic mass is 9.96. The molecule has 0 aromatic heterocycles. The molecule has 0 unspecified atom stereocenters. The first kappa shape index (κ1) is 13.3. The van der Waals surface area contributed by atoms with Crippen LogP contribution >= 0.6 is 15.9 Å². The predicted octanol–water partition coefficient (Wildman–Crippen LogP) is 4.14. The number of benzene rings is 2. The Hall–Kier alpha value is -1.68. The minimum Gasteiger partial charge on any atom is -0.493 e. The molecule has 2 nitrogen and oxygen atoms in total. The molecule has 1 aliphatic rings. The molecule has 2 aromatic rings. The minimum absolute atomic E-state index is 0.0510. The van der Waals surface area contributed by atoms with Gasteiger partial charge in [-0.15, -0.1) is 0 Å². The molecule has 0 amide bonds. The van der Waals surface area contributed by atoms with Crippen LogP contribution in [0.2, 0.25) is 0 Å². The van der Waals surface area contributed by atoms with Crippen LogP contribution in [0, 0.1) is 5.82 Å². The van der Waals surface area contributed by atoms with Crippen LogP contribution in [0.15, 0.2) is 40.9 Å². The van der Waals surface area contributed by atoms with Gasteiger partial charge in [0, 0.05) is 4.47 Å². The van der Waals surface area contributed by atoms with Crippen LogP contribution < -0.4 is 4.74 Å². The molecule has 2 aromatic carbocycles. The van der Waals surface area contributed by atoms with E-state index in [1.165, 1.54) is 6.07 Å². The first-order valence-corrected chi connectivity index (χ1v) is 7.21. The average Bonchev–Trinajstić information content (AvgIpc) is 2.46. The van der Waals surface area contributed by atoms with Crippen molar-refractivity contribution in [2.24, 2.45) is 0 Å². The van der Waals surface area contributed by atoms with Crippen molar-refractivity contribution in [3.05, 3.63) is 63.4 Å². The second kappa shape index (κ2) is 5.37. The molecule has 1 aliphatic heterocycles. The molecule has 0 aliphatic carbocycles. The average molecular weight is 335 g/mol. The number of carbonyl (C=O) groups excluding carboxylic acids is 1. The molecule has 0 saturated heterocycles. The largest absolute Gasteiger partial charge is 0.493 e. The van der Waals surface area contributed by atoms with Crippen molar-refractivity contribution >= 4 is 21.7 Å². The second-order valence-electron chi connectivity index (χ2n) is 4.67. The Kier molecular flexibility index (Phi) is 3.57. The number of hydrogen-bond donors (Lipinski definition) is 0. The molecule has 0 spiro atoms. The number of fused-ring (bicyclic) bond motifs is 1. The quantitative estimate of drug-likeness (QED) is 0.771. The van der Waals surface area contributed by atoms with Crippen LogP contribution in [0.3, 0.4) is 0 Å². The summed E-state index contributed by atoms with van der Waals surface area (Å²) in [5.74, 6) is -0.287. The standard InChI is InChI=1S/C16H12BrFO2/c17-12-7-2-8-13(18)14(12)15(19)11-6-1-4-10-5-3-9-20-16(10)11/h1-2,4,6-8H,3,5,9H2. The van der Waals surface area contributed by atoms with Crippen molar-refractivity contribution in [2.75, 3.05) is 6.61 Å². The van der Waals surface area contributed by atoms with Crippen LogP contribution in [-0.4, -0.2) is 12.4 Å².